The Balaban J connectivity index is 2.17. The van der Waals surface area contributed by atoms with Crippen molar-refractivity contribution in [3.63, 3.8) is 0 Å². The molecule has 5 heteroatoms. The molecule has 0 aliphatic rings. The van der Waals surface area contributed by atoms with Gasteiger partial charge in [0, 0.05) is 31.5 Å². The number of hydrogen-bond donors (Lipinski definition) is 1. The summed E-state index contributed by atoms with van der Waals surface area (Å²) in [5, 5.41) is 10.1. The number of pyridine rings is 1. The molecule has 0 bridgehead atoms. The molecule has 0 radical (unpaired) electrons. The van der Waals surface area contributed by atoms with Crippen LogP contribution < -0.4 is 0 Å². The average molecular weight is 277 g/mol. The van der Waals surface area contributed by atoms with Crippen LogP contribution in [0.15, 0.2) is 42.7 Å². The third-order valence-electron chi connectivity index (χ3n) is 2.74. The zero-order valence-corrected chi connectivity index (χ0v) is 11.1. The summed E-state index contributed by atoms with van der Waals surface area (Å²) in [7, 11) is 1.65. The summed E-state index contributed by atoms with van der Waals surface area (Å²) in [5.41, 5.74) is 1.03. The molecule has 0 aliphatic heterocycles. The molecule has 0 atom stereocenters. The van der Waals surface area contributed by atoms with Gasteiger partial charge in [-0.05, 0) is 12.1 Å². The van der Waals surface area contributed by atoms with Gasteiger partial charge in [-0.1, -0.05) is 29.8 Å². The number of amides is 1. The van der Waals surface area contributed by atoms with Crippen LogP contribution in [-0.2, 0) is 6.54 Å². The quantitative estimate of drug-likeness (QED) is 0.938. The lowest BCUT2D eigenvalue weighted by molar-refractivity contribution is 0.0784. The van der Waals surface area contributed by atoms with E-state index in [2.05, 4.69) is 4.98 Å². The summed E-state index contributed by atoms with van der Waals surface area (Å²) in [6.45, 7) is 0.302. The third kappa shape index (κ3) is 3.03. The molecule has 2 rings (SSSR count). The number of aromatic nitrogens is 1. The fourth-order valence-corrected chi connectivity index (χ4v) is 1.90. The van der Waals surface area contributed by atoms with Crippen LogP contribution in [-0.4, -0.2) is 27.9 Å². The van der Waals surface area contributed by atoms with Crippen molar-refractivity contribution in [2.75, 3.05) is 7.05 Å². The number of rotatable bonds is 3. The predicted molar refractivity (Wildman–Crippen MR) is 73.2 cm³/mol. The maximum Gasteiger partial charge on any atom is 0.256 e. The van der Waals surface area contributed by atoms with Gasteiger partial charge in [0.2, 0.25) is 0 Å². The lowest BCUT2D eigenvalue weighted by Crippen LogP contribution is -2.26. The Morgan fingerprint density at radius 3 is 2.79 bits per heavy atom. The van der Waals surface area contributed by atoms with E-state index >= 15 is 0 Å². The van der Waals surface area contributed by atoms with Crippen LogP contribution in [0, 0.1) is 0 Å². The Morgan fingerprint density at radius 1 is 1.37 bits per heavy atom. The van der Waals surface area contributed by atoms with Gasteiger partial charge in [-0.3, -0.25) is 9.78 Å². The molecule has 0 aliphatic carbocycles. The van der Waals surface area contributed by atoms with Gasteiger partial charge in [-0.15, -0.1) is 0 Å². The molecule has 1 N–H and O–H groups in total. The normalized spacial score (nSPS) is 10.2. The SMILES string of the molecule is CN(Cc1ccccc1O)C(=O)c1cnccc1Cl. The van der Waals surface area contributed by atoms with Gasteiger partial charge in [-0.25, -0.2) is 0 Å². The second-order valence-electron chi connectivity index (χ2n) is 4.15. The maximum atomic E-state index is 12.2. The lowest BCUT2D eigenvalue weighted by Gasteiger charge is -2.18. The Kier molecular flexibility index (Phi) is 4.02. The standard InChI is InChI=1S/C14H13ClN2O2/c1-17(9-10-4-2-3-5-13(10)18)14(19)11-8-16-7-6-12(11)15/h2-8,18H,9H2,1H3. The van der Waals surface area contributed by atoms with Crippen LogP contribution >= 0.6 is 11.6 Å². The lowest BCUT2D eigenvalue weighted by atomic mass is 10.1. The Labute approximate surface area is 116 Å². The summed E-state index contributed by atoms with van der Waals surface area (Å²) in [5.74, 6) is -0.0687. The number of aromatic hydroxyl groups is 1. The van der Waals surface area contributed by atoms with Crippen LogP contribution in [0.1, 0.15) is 15.9 Å². The molecule has 0 saturated heterocycles. The molecule has 0 unspecified atom stereocenters. The first-order chi connectivity index (χ1) is 9.09. The van der Waals surface area contributed by atoms with Crippen LogP contribution in [0.2, 0.25) is 5.02 Å². The van der Waals surface area contributed by atoms with Gasteiger partial charge in [-0.2, -0.15) is 0 Å². The van der Waals surface area contributed by atoms with Gasteiger partial charge in [0.25, 0.3) is 5.91 Å². The summed E-state index contributed by atoms with van der Waals surface area (Å²) in [4.78, 5) is 17.6. The second kappa shape index (κ2) is 5.71. The van der Waals surface area contributed by atoms with E-state index in [1.165, 1.54) is 17.3 Å². The van der Waals surface area contributed by atoms with Gasteiger partial charge in [0.05, 0.1) is 10.6 Å². The molecule has 0 saturated carbocycles. The molecule has 19 heavy (non-hydrogen) atoms. The van der Waals surface area contributed by atoms with Crippen molar-refractivity contribution in [3.05, 3.63) is 58.9 Å². The number of para-hydroxylation sites is 1. The number of hydrogen-bond acceptors (Lipinski definition) is 3. The van der Waals surface area contributed by atoms with Crippen molar-refractivity contribution in [1.29, 1.82) is 0 Å². The highest BCUT2D eigenvalue weighted by atomic mass is 35.5. The summed E-state index contributed by atoms with van der Waals surface area (Å²) >= 11 is 5.96. The topological polar surface area (TPSA) is 53.4 Å². The fraction of sp³-hybridized carbons (Fsp3) is 0.143. The molecule has 1 aromatic carbocycles. The van der Waals surface area contributed by atoms with Gasteiger partial charge in [0.1, 0.15) is 5.75 Å². The monoisotopic (exact) mass is 276 g/mol. The van der Waals surface area contributed by atoms with Crippen LogP contribution in [0.25, 0.3) is 0 Å². The maximum absolute atomic E-state index is 12.2. The number of nitrogens with zero attached hydrogens (tertiary/aromatic N) is 2. The zero-order chi connectivity index (χ0) is 13.8. The van der Waals surface area contributed by atoms with Gasteiger partial charge >= 0.3 is 0 Å². The van der Waals surface area contributed by atoms with Crippen LogP contribution in [0.3, 0.4) is 0 Å². The third-order valence-corrected chi connectivity index (χ3v) is 3.07. The Hall–Kier alpha value is -2.07. The van der Waals surface area contributed by atoms with Gasteiger partial charge in [0.15, 0.2) is 0 Å². The minimum atomic E-state index is -0.235. The van der Waals surface area contributed by atoms with Crippen molar-refractivity contribution in [1.82, 2.24) is 9.88 Å². The fourth-order valence-electron chi connectivity index (χ4n) is 1.71. The first-order valence-corrected chi connectivity index (χ1v) is 6.09. The number of phenolic OH excluding ortho intramolecular Hbond substituents is 1. The van der Waals surface area contributed by atoms with E-state index in [9.17, 15) is 9.90 Å². The molecular formula is C14H13ClN2O2. The summed E-state index contributed by atoms with van der Waals surface area (Å²) in [6.07, 6.45) is 2.97. The van der Waals surface area contributed by atoms with E-state index in [0.717, 1.165) is 0 Å². The highest BCUT2D eigenvalue weighted by molar-refractivity contribution is 6.33. The molecular weight excluding hydrogens is 264 g/mol. The number of carbonyl (C=O) groups is 1. The molecule has 1 heterocycles. The first-order valence-electron chi connectivity index (χ1n) is 5.71. The van der Waals surface area contributed by atoms with Crippen molar-refractivity contribution in [3.8, 4) is 5.75 Å². The summed E-state index contributed by atoms with van der Waals surface area (Å²) in [6, 6.07) is 8.47. The Bertz CT molecular complexity index is 602. The van der Waals surface area contributed by atoms with Crippen molar-refractivity contribution >= 4 is 17.5 Å². The van der Waals surface area contributed by atoms with E-state index in [1.807, 2.05) is 6.07 Å². The zero-order valence-electron chi connectivity index (χ0n) is 10.4. The van der Waals surface area contributed by atoms with Gasteiger partial charge < -0.3 is 10.0 Å². The van der Waals surface area contributed by atoms with E-state index < -0.39 is 0 Å². The molecule has 0 fully saturated rings. The van der Waals surface area contributed by atoms with Crippen LogP contribution in [0.5, 0.6) is 5.75 Å². The number of benzene rings is 1. The van der Waals surface area contributed by atoms with E-state index in [-0.39, 0.29) is 11.7 Å². The number of carbonyl (C=O) groups excluding carboxylic acids is 1. The average Bonchev–Trinajstić information content (AvgIpc) is 2.41. The Morgan fingerprint density at radius 2 is 2.11 bits per heavy atom. The van der Waals surface area contributed by atoms with Crippen molar-refractivity contribution in [2.24, 2.45) is 0 Å². The molecule has 1 amide bonds. The predicted octanol–water partition coefficient (Wildman–Crippen LogP) is 2.71. The van der Waals surface area contributed by atoms with E-state index in [4.69, 9.17) is 11.6 Å². The molecule has 4 nitrogen and oxygen atoms in total. The molecule has 98 valence electrons. The first kappa shape index (κ1) is 13.4. The second-order valence-corrected chi connectivity index (χ2v) is 4.55. The highest BCUT2D eigenvalue weighted by Crippen LogP contribution is 2.20. The van der Waals surface area contributed by atoms with Crippen molar-refractivity contribution < 1.29 is 9.90 Å². The minimum Gasteiger partial charge on any atom is -0.508 e. The molecule has 0 spiro atoms. The molecule has 2 aromatic rings. The largest absolute Gasteiger partial charge is 0.508 e. The smallest absolute Gasteiger partial charge is 0.256 e. The molecule has 1 aromatic heterocycles. The highest BCUT2D eigenvalue weighted by Gasteiger charge is 2.16. The number of halogens is 1. The van der Waals surface area contributed by atoms with E-state index in [1.54, 1.807) is 31.3 Å². The summed E-state index contributed by atoms with van der Waals surface area (Å²) < 4.78 is 0. The van der Waals surface area contributed by atoms with Crippen LogP contribution in [0.4, 0.5) is 0 Å². The van der Waals surface area contributed by atoms with E-state index in [0.29, 0.717) is 22.7 Å². The van der Waals surface area contributed by atoms with Crippen molar-refractivity contribution in [2.45, 2.75) is 6.54 Å². The minimum absolute atomic E-state index is 0.166. The number of phenols is 1.